The van der Waals surface area contributed by atoms with E-state index in [4.69, 9.17) is 0 Å². The van der Waals surface area contributed by atoms with Crippen LogP contribution >= 0.6 is 31.9 Å². The van der Waals surface area contributed by atoms with Crippen molar-refractivity contribution in [3.8, 4) is 0 Å². The first-order valence-corrected chi connectivity index (χ1v) is 7.26. The first-order chi connectivity index (χ1) is 8.54. The number of rotatable bonds is 6. The van der Waals surface area contributed by atoms with Crippen LogP contribution in [-0.4, -0.2) is 16.2 Å². The van der Waals surface area contributed by atoms with E-state index in [-0.39, 0.29) is 11.6 Å². The smallest absolute Gasteiger partial charge is 0.270 e. The molecule has 98 valence electrons. The number of carbonyl (C=O) groups is 1. The molecule has 0 saturated carbocycles. The number of nitro benzene ring substituents is 1. The van der Waals surface area contributed by atoms with E-state index in [1.165, 1.54) is 18.2 Å². The number of benzene rings is 1. The zero-order chi connectivity index (χ0) is 13.5. The Morgan fingerprint density at radius 1 is 1.39 bits per heavy atom. The Hall–Kier alpha value is -0.950. The number of unbranched alkanes of at least 4 members (excludes halogenated alkanes) is 1. The normalized spacial score (nSPS) is 10.1. The van der Waals surface area contributed by atoms with Gasteiger partial charge in [0, 0.05) is 28.4 Å². The number of nitro groups is 1. The quantitative estimate of drug-likeness (QED) is 0.353. The molecule has 0 atom stereocenters. The highest BCUT2D eigenvalue weighted by atomic mass is 79.9. The van der Waals surface area contributed by atoms with E-state index in [9.17, 15) is 14.9 Å². The standard InChI is InChI=1S/C11H12Br2N2O3/c12-6-2-1-3-11(16)14-10-5-4-8(15(17)18)7-9(10)13/h4-5,7H,1-3,6H2,(H,14,16). The molecule has 0 saturated heterocycles. The Balaban J connectivity index is 2.62. The van der Waals surface area contributed by atoms with Gasteiger partial charge in [-0.3, -0.25) is 14.9 Å². The molecule has 0 aliphatic rings. The molecule has 0 bridgehead atoms. The minimum atomic E-state index is -0.480. The van der Waals surface area contributed by atoms with Gasteiger partial charge >= 0.3 is 0 Å². The van der Waals surface area contributed by atoms with Crippen LogP contribution in [0.2, 0.25) is 0 Å². The van der Waals surface area contributed by atoms with Crippen LogP contribution in [0.5, 0.6) is 0 Å². The summed E-state index contributed by atoms with van der Waals surface area (Å²) in [5, 5.41) is 14.1. The van der Waals surface area contributed by atoms with Crippen LogP contribution in [0.3, 0.4) is 0 Å². The Bertz CT molecular complexity index is 452. The molecule has 1 N–H and O–H groups in total. The molecular weight excluding hydrogens is 368 g/mol. The summed E-state index contributed by atoms with van der Waals surface area (Å²) in [6.45, 7) is 0. The molecule has 0 unspecified atom stereocenters. The van der Waals surface area contributed by atoms with Crippen LogP contribution in [0.25, 0.3) is 0 Å². The van der Waals surface area contributed by atoms with Gasteiger partial charge in [-0.15, -0.1) is 0 Å². The molecule has 0 aromatic heterocycles. The highest BCUT2D eigenvalue weighted by molar-refractivity contribution is 9.10. The molecule has 1 rings (SSSR count). The number of anilines is 1. The fourth-order valence-corrected chi connectivity index (χ4v) is 2.17. The molecule has 1 amide bonds. The second kappa shape index (κ2) is 7.48. The summed E-state index contributed by atoms with van der Waals surface area (Å²) in [5.74, 6) is -0.0921. The third-order valence-electron chi connectivity index (χ3n) is 2.23. The summed E-state index contributed by atoms with van der Waals surface area (Å²) in [6, 6.07) is 4.25. The number of nitrogens with one attached hydrogen (secondary N) is 1. The van der Waals surface area contributed by atoms with Crippen molar-refractivity contribution in [2.75, 3.05) is 10.6 Å². The van der Waals surface area contributed by atoms with Crippen LogP contribution in [0.15, 0.2) is 22.7 Å². The molecule has 0 spiro atoms. The first kappa shape index (κ1) is 15.1. The summed E-state index contributed by atoms with van der Waals surface area (Å²) in [5.41, 5.74) is 0.531. The number of carbonyl (C=O) groups excluding carboxylic acids is 1. The molecule has 1 aromatic rings. The van der Waals surface area contributed by atoms with E-state index in [0.29, 0.717) is 16.6 Å². The highest BCUT2D eigenvalue weighted by Crippen LogP contribution is 2.27. The zero-order valence-electron chi connectivity index (χ0n) is 9.49. The van der Waals surface area contributed by atoms with Gasteiger partial charge in [0.05, 0.1) is 10.6 Å². The minimum absolute atomic E-state index is 0.0147. The molecule has 0 aliphatic heterocycles. The minimum Gasteiger partial charge on any atom is -0.325 e. The maximum atomic E-state index is 11.6. The van der Waals surface area contributed by atoms with Gasteiger partial charge in [0.15, 0.2) is 0 Å². The Morgan fingerprint density at radius 3 is 2.67 bits per heavy atom. The predicted molar refractivity (Wildman–Crippen MR) is 77.1 cm³/mol. The van der Waals surface area contributed by atoms with Crippen LogP contribution in [-0.2, 0) is 4.79 Å². The summed E-state index contributed by atoms with van der Waals surface area (Å²) in [4.78, 5) is 21.7. The Morgan fingerprint density at radius 2 is 2.11 bits per heavy atom. The van der Waals surface area contributed by atoms with Gasteiger partial charge < -0.3 is 5.32 Å². The topological polar surface area (TPSA) is 72.2 Å². The summed E-state index contributed by atoms with van der Waals surface area (Å²) in [7, 11) is 0. The molecule has 0 heterocycles. The third kappa shape index (κ3) is 4.73. The SMILES string of the molecule is O=C(CCCCBr)Nc1ccc([N+](=O)[O-])cc1Br. The van der Waals surface area contributed by atoms with Crippen molar-refractivity contribution in [3.63, 3.8) is 0 Å². The average molecular weight is 380 g/mol. The van der Waals surface area contributed by atoms with Crippen molar-refractivity contribution in [2.24, 2.45) is 0 Å². The molecule has 7 heteroatoms. The lowest BCUT2D eigenvalue weighted by Gasteiger charge is -2.06. The van der Waals surface area contributed by atoms with E-state index in [2.05, 4.69) is 37.2 Å². The molecule has 5 nitrogen and oxygen atoms in total. The molecule has 18 heavy (non-hydrogen) atoms. The number of amides is 1. The van der Waals surface area contributed by atoms with E-state index >= 15 is 0 Å². The number of non-ortho nitro benzene ring substituents is 1. The lowest BCUT2D eigenvalue weighted by molar-refractivity contribution is -0.384. The zero-order valence-corrected chi connectivity index (χ0v) is 12.7. The van der Waals surface area contributed by atoms with E-state index in [0.717, 1.165) is 18.2 Å². The van der Waals surface area contributed by atoms with Crippen LogP contribution in [0.4, 0.5) is 11.4 Å². The maximum Gasteiger partial charge on any atom is 0.270 e. The molecule has 0 radical (unpaired) electrons. The van der Waals surface area contributed by atoms with Crippen molar-refractivity contribution in [1.82, 2.24) is 0 Å². The van der Waals surface area contributed by atoms with Crippen molar-refractivity contribution in [2.45, 2.75) is 19.3 Å². The van der Waals surface area contributed by atoms with E-state index in [1.54, 1.807) is 0 Å². The number of hydrogen-bond donors (Lipinski definition) is 1. The van der Waals surface area contributed by atoms with Crippen molar-refractivity contribution >= 4 is 49.1 Å². The first-order valence-electron chi connectivity index (χ1n) is 5.34. The van der Waals surface area contributed by atoms with Gasteiger partial charge in [-0.1, -0.05) is 15.9 Å². The lowest BCUT2D eigenvalue weighted by atomic mass is 10.2. The summed E-state index contributed by atoms with van der Waals surface area (Å²) < 4.78 is 0.505. The molecule has 0 aliphatic carbocycles. The van der Waals surface area contributed by atoms with Crippen LogP contribution in [0, 0.1) is 10.1 Å². The van der Waals surface area contributed by atoms with Crippen molar-refractivity contribution in [1.29, 1.82) is 0 Å². The van der Waals surface area contributed by atoms with Crippen molar-refractivity contribution < 1.29 is 9.72 Å². The molecular formula is C11H12Br2N2O3. The van der Waals surface area contributed by atoms with Gasteiger partial charge in [-0.05, 0) is 34.8 Å². The highest BCUT2D eigenvalue weighted by Gasteiger charge is 2.10. The third-order valence-corrected chi connectivity index (χ3v) is 3.44. The van der Waals surface area contributed by atoms with Gasteiger partial charge in [0.1, 0.15) is 0 Å². The Labute approximate surface area is 121 Å². The largest absolute Gasteiger partial charge is 0.325 e. The van der Waals surface area contributed by atoms with Gasteiger partial charge in [0.25, 0.3) is 5.69 Å². The van der Waals surface area contributed by atoms with E-state index in [1.807, 2.05) is 0 Å². The number of halogens is 2. The monoisotopic (exact) mass is 378 g/mol. The van der Waals surface area contributed by atoms with Crippen LogP contribution < -0.4 is 5.32 Å². The number of hydrogen-bond acceptors (Lipinski definition) is 3. The molecule has 0 fully saturated rings. The van der Waals surface area contributed by atoms with E-state index < -0.39 is 4.92 Å². The van der Waals surface area contributed by atoms with Gasteiger partial charge in [-0.25, -0.2) is 0 Å². The van der Waals surface area contributed by atoms with Crippen molar-refractivity contribution in [3.05, 3.63) is 32.8 Å². The summed E-state index contributed by atoms with van der Waals surface area (Å²) >= 11 is 6.50. The second-order valence-corrected chi connectivity index (χ2v) is 5.26. The van der Waals surface area contributed by atoms with Gasteiger partial charge in [0.2, 0.25) is 5.91 Å². The Kier molecular flexibility index (Phi) is 6.28. The lowest BCUT2D eigenvalue weighted by Crippen LogP contribution is -2.11. The van der Waals surface area contributed by atoms with Crippen LogP contribution in [0.1, 0.15) is 19.3 Å². The fourth-order valence-electron chi connectivity index (χ4n) is 1.31. The van der Waals surface area contributed by atoms with Gasteiger partial charge in [-0.2, -0.15) is 0 Å². The average Bonchev–Trinajstić information content (AvgIpc) is 2.32. The maximum absolute atomic E-state index is 11.6. The number of nitrogens with zero attached hydrogens (tertiary/aromatic N) is 1. The molecule has 1 aromatic carbocycles. The summed E-state index contributed by atoms with van der Waals surface area (Å²) in [6.07, 6.45) is 2.19. The second-order valence-electron chi connectivity index (χ2n) is 3.62. The fraction of sp³-hybridized carbons (Fsp3) is 0.364. The number of alkyl halides is 1. The predicted octanol–water partition coefficient (Wildman–Crippen LogP) is 3.86.